The van der Waals surface area contributed by atoms with Crippen LogP contribution in [0.25, 0.3) is 0 Å². The van der Waals surface area contributed by atoms with E-state index in [0.717, 1.165) is 56.3 Å². The second kappa shape index (κ2) is 7.31. The molecular weight excluding hydrogens is 412 g/mol. The molecule has 2 fully saturated rings. The number of nitrogens with one attached hydrogen (secondary N) is 1. The molecule has 2 aromatic carbocycles. The van der Waals surface area contributed by atoms with Crippen molar-refractivity contribution in [2.24, 2.45) is 5.92 Å². The van der Waals surface area contributed by atoms with Crippen LogP contribution in [0.15, 0.2) is 53.0 Å². The third-order valence-electron chi connectivity index (χ3n) is 7.28. The second-order valence-corrected chi connectivity index (χ2v) is 9.57. The lowest BCUT2D eigenvalue weighted by atomic mass is 9.72. The summed E-state index contributed by atoms with van der Waals surface area (Å²) in [5.74, 6) is 1.03. The number of carbonyl (C=O) groups is 1. The maximum Gasteiger partial charge on any atom is 0.227 e. The van der Waals surface area contributed by atoms with E-state index in [2.05, 4.69) is 74.7 Å². The number of nitrogens with zero attached hydrogens (tertiary/aromatic N) is 1. The molecule has 28 heavy (non-hydrogen) atoms. The number of hydrogen-bond donors (Lipinski definition) is 1. The quantitative estimate of drug-likeness (QED) is 0.759. The first kappa shape index (κ1) is 18.4. The number of aryl methyl sites for hydroxylation is 1. The highest BCUT2D eigenvalue weighted by Gasteiger charge is 2.52. The zero-order chi connectivity index (χ0) is 19.1. The minimum absolute atomic E-state index is 0.0105. The van der Waals surface area contributed by atoms with Crippen LogP contribution in [-0.2, 0) is 16.6 Å². The highest BCUT2D eigenvalue weighted by Crippen LogP contribution is 2.48. The lowest BCUT2D eigenvalue weighted by molar-refractivity contribution is -0.137. The highest BCUT2D eigenvalue weighted by molar-refractivity contribution is 9.10. The SMILES string of the molecule is O=C(C1CNCC12CCc1cc(Br)ccc12)N1CCC(c2ccccc2)CC1. The lowest BCUT2D eigenvalue weighted by Crippen LogP contribution is -2.47. The molecule has 1 spiro atoms. The normalized spacial score (nSPS) is 27.3. The van der Waals surface area contributed by atoms with E-state index >= 15 is 0 Å². The van der Waals surface area contributed by atoms with Gasteiger partial charge in [0.05, 0.1) is 5.92 Å². The molecule has 5 rings (SSSR count). The molecule has 0 saturated carbocycles. The van der Waals surface area contributed by atoms with Gasteiger partial charge in [0.1, 0.15) is 0 Å². The average Bonchev–Trinajstić information content (AvgIpc) is 3.33. The molecule has 1 aliphatic carbocycles. The third-order valence-corrected chi connectivity index (χ3v) is 7.77. The predicted octanol–water partition coefficient (Wildman–Crippen LogP) is 4.26. The van der Waals surface area contributed by atoms with Gasteiger partial charge in [-0.1, -0.05) is 52.3 Å². The van der Waals surface area contributed by atoms with Crippen molar-refractivity contribution in [1.29, 1.82) is 0 Å². The van der Waals surface area contributed by atoms with Gasteiger partial charge in [-0.05, 0) is 60.4 Å². The van der Waals surface area contributed by atoms with Crippen LogP contribution in [0.4, 0.5) is 0 Å². The molecule has 2 saturated heterocycles. The molecule has 2 aromatic rings. The number of rotatable bonds is 2. The Labute approximate surface area is 175 Å². The maximum absolute atomic E-state index is 13.6. The summed E-state index contributed by atoms with van der Waals surface area (Å²) >= 11 is 3.60. The molecule has 2 aliphatic heterocycles. The van der Waals surface area contributed by atoms with Crippen molar-refractivity contribution in [2.45, 2.75) is 37.0 Å². The minimum Gasteiger partial charge on any atom is -0.342 e. The summed E-state index contributed by atoms with van der Waals surface area (Å²) in [6.45, 7) is 3.52. The number of likely N-dealkylation sites (tertiary alicyclic amines) is 1. The van der Waals surface area contributed by atoms with Crippen LogP contribution in [-0.4, -0.2) is 37.0 Å². The topological polar surface area (TPSA) is 32.3 Å². The van der Waals surface area contributed by atoms with Gasteiger partial charge in [-0.25, -0.2) is 0 Å². The number of benzene rings is 2. The fraction of sp³-hybridized carbons (Fsp3) is 0.458. The summed E-state index contributed by atoms with van der Waals surface area (Å²) in [4.78, 5) is 15.7. The van der Waals surface area contributed by atoms with E-state index in [1.54, 1.807) is 0 Å². The monoisotopic (exact) mass is 438 g/mol. The lowest BCUT2D eigenvalue weighted by Gasteiger charge is -2.38. The van der Waals surface area contributed by atoms with Crippen LogP contribution < -0.4 is 5.32 Å². The van der Waals surface area contributed by atoms with Crippen molar-refractivity contribution in [3.63, 3.8) is 0 Å². The summed E-state index contributed by atoms with van der Waals surface area (Å²) < 4.78 is 1.14. The summed E-state index contributed by atoms with van der Waals surface area (Å²) in [5, 5.41) is 3.56. The van der Waals surface area contributed by atoms with E-state index in [0.29, 0.717) is 11.8 Å². The third kappa shape index (κ3) is 3.02. The fourth-order valence-electron chi connectivity index (χ4n) is 5.75. The molecule has 0 bridgehead atoms. The van der Waals surface area contributed by atoms with Gasteiger partial charge < -0.3 is 10.2 Å². The Morgan fingerprint density at radius 2 is 1.89 bits per heavy atom. The van der Waals surface area contributed by atoms with Crippen LogP contribution in [0, 0.1) is 5.92 Å². The largest absolute Gasteiger partial charge is 0.342 e. The zero-order valence-corrected chi connectivity index (χ0v) is 17.7. The number of hydrogen-bond acceptors (Lipinski definition) is 2. The van der Waals surface area contributed by atoms with Crippen LogP contribution in [0.5, 0.6) is 0 Å². The molecule has 3 aliphatic rings. The smallest absolute Gasteiger partial charge is 0.227 e. The molecule has 0 radical (unpaired) electrons. The summed E-state index contributed by atoms with van der Waals surface area (Å²) in [5.41, 5.74) is 4.23. The van der Waals surface area contributed by atoms with Crippen LogP contribution >= 0.6 is 15.9 Å². The molecule has 1 N–H and O–H groups in total. The Balaban J connectivity index is 1.33. The van der Waals surface area contributed by atoms with Gasteiger partial charge in [-0.3, -0.25) is 4.79 Å². The number of carbonyl (C=O) groups excluding carboxylic acids is 1. The Kier molecular flexibility index (Phi) is 4.80. The zero-order valence-electron chi connectivity index (χ0n) is 16.2. The Hall–Kier alpha value is -1.65. The molecule has 2 heterocycles. The van der Waals surface area contributed by atoms with E-state index in [-0.39, 0.29) is 11.3 Å². The van der Waals surface area contributed by atoms with E-state index in [1.165, 1.54) is 16.7 Å². The number of piperidine rings is 1. The predicted molar refractivity (Wildman–Crippen MR) is 115 cm³/mol. The van der Waals surface area contributed by atoms with Crippen LogP contribution in [0.3, 0.4) is 0 Å². The van der Waals surface area contributed by atoms with Crippen molar-refractivity contribution in [1.82, 2.24) is 10.2 Å². The number of amides is 1. The Morgan fingerprint density at radius 3 is 2.68 bits per heavy atom. The maximum atomic E-state index is 13.6. The van der Waals surface area contributed by atoms with Gasteiger partial charge in [0.15, 0.2) is 0 Å². The molecule has 2 unspecified atom stereocenters. The first-order chi connectivity index (χ1) is 13.7. The fourth-order valence-corrected chi connectivity index (χ4v) is 6.16. The first-order valence-corrected chi connectivity index (χ1v) is 11.3. The molecule has 4 heteroatoms. The van der Waals surface area contributed by atoms with Crippen molar-refractivity contribution in [3.8, 4) is 0 Å². The molecule has 2 atom stereocenters. The minimum atomic E-state index is -0.0105. The van der Waals surface area contributed by atoms with Gasteiger partial charge in [-0.2, -0.15) is 0 Å². The Morgan fingerprint density at radius 1 is 1.11 bits per heavy atom. The van der Waals surface area contributed by atoms with Crippen molar-refractivity contribution in [3.05, 3.63) is 69.7 Å². The first-order valence-electron chi connectivity index (χ1n) is 10.5. The van der Waals surface area contributed by atoms with E-state index in [4.69, 9.17) is 0 Å². The van der Waals surface area contributed by atoms with Gasteiger partial charge >= 0.3 is 0 Å². The molecule has 1 amide bonds. The van der Waals surface area contributed by atoms with Crippen molar-refractivity contribution in [2.75, 3.05) is 26.2 Å². The van der Waals surface area contributed by atoms with Gasteiger partial charge in [0, 0.05) is 36.1 Å². The number of fused-ring (bicyclic) bond motifs is 2. The second-order valence-electron chi connectivity index (χ2n) is 8.65. The van der Waals surface area contributed by atoms with Crippen molar-refractivity contribution < 1.29 is 4.79 Å². The summed E-state index contributed by atoms with van der Waals surface area (Å²) in [6.07, 6.45) is 4.32. The van der Waals surface area contributed by atoms with E-state index in [9.17, 15) is 4.79 Å². The number of halogens is 1. The van der Waals surface area contributed by atoms with Gasteiger partial charge in [-0.15, -0.1) is 0 Å². The summed E-state index contributed by atoms with van der Waals surface area (Å²) in [6, 6.07) is 17.4. The van der Waals surface area contributed by atoms with Crippen molar-refractivity contribution >= 4 is 21.8 Å². The molecule has 146 valence electrons. The van der Waals surface area contributed by atoms with Gasteiger partial charge in [0.2, 0.25) is 5.91 Å². The highest BCUT2D eigenvalue weighted by atomic mass is 79.9. The standard InChI is InChI=1S/C24H27BrN2O/c25-20-6-7-21-19(14-20)8-11-24(21)16-26-15-22(24)23(28)27-12-9-18(10-13-27)17-4-2-1-3-5-17/h1-7,14,18,22,26H,8-13,15-16H2. The summed E-state index contributed by atoms with van der Waals surface area (Å²) in [7, 11) is 0. The average molecular weight is 439 g/mol. The Bertz CT molecular complexity index is 875. The molecule has 0 aromatic heterocycles. The van der Waals surface area contributed by atoms with E-state index < -0.39 is 0 Å². The van der Waals surface area contributed by atoms with Gasteiger partial charge in [0.25, 0.3) is 0 Å². The van der Waals surface area contributed by atoms with Crippen LogP contribution in [0.2, 0.25) is 0 Å². The molecule has 3 nitrogen and oxygen atoms in total. The molecular formula is C24H27BrN2O. The van der Waals surface area contributed by atoms with E-state index in [1.807, 2.05) is 0 Å². The van der Waals surface area contributed by atoms with Crippen LogP contribution in [0.1, 0.15) is 41.9 Å².